The number of hydrogen-bond donors (Lipinski definition) is 1. The molecule has 1 atom stereocenters. The molecule has 1 aromatic heterocycles. The van der Waals surface area contributed by atoms with Gasteiger partial charge in [0.15, 0.2) is 5.82 Å². The van der Waals surface area contributed by atoms with Gasteiger partial charge in [-0.05, 0) is 24.1 Å². The van der Waals surface area contributed by atoms with E-state index in [0.29, 0.717) is 5.92 Å². The van der Waals surface area contributed by atoms with Crippen LogP contribution in [-0.2, 0) is 18.2 Å². The van der Waals surface area contributed by atoms with Crippen molar-refractivity contribution in [3.05, 3.63) is 5.82 Å². The lowest BCUT2D eigenvalue weighted by Gasteiger charge is -2.14. The van der Waals surface area contributed by atoms with Crippen molar-refractivity contribution in [1.82, 2.24) is 25.5 Å². The van der Waals surface area contributed by atoms with Gasteiger partial charge in [-0.15, -0.1) is 10.2 Å². The van der Waals surface area contributed by atoms with Gasteiger partial charge in [-0.3, -0.25) is 0 Å². The molecule has 1 unspecified atom stereocenters. The van der Waals surface area contributed by atoms with Crippen LogP contribution < -0.4 is 5.32 Å². The van der Waals surface area contributed by atoms with Crippen molar-refractivity contribution in [2.75, 3.05) is 26.8 Å². The zero-order valence-corrected chi connectivity index (χ0v) is 11.0. The highest BCUT2D eigenvalue weighted by molar-refractivity contribution is 4.81. The van der Waals surface area contributed by atoms with Crippen LogP contribution in [0.25, 0.3) is 0 Å². The van der Waals surface area contributed by atoms with Crippen molar-refractivity contribution < 1.29 is 4.74 Å². The summed E-state index contributed by atoms with van der Waals surface area (Å²) < 4.78 is 5.00. The number of hydrogen-bond acceptors (Lipinski definition) is 5. The molecule has 0 saturated carbocycles. The maximum absolute atomic E-state index is 5.00. The maximum Gasteiger partial charge on any atom is 0.175 e. The summed E-state index contributed by atoms with van der Waals surface area (Å²) in [5.74, 6) is 1.40. The number of aryl methyl sites for hydroxylation is 1. The number of tetrazole rings is 1. The second kappa shape index (κ2) is 8.14. The Morgan fingerprint density at radius 2 is 2.29 bits per heavy atom. The van der Waals surface area contributed by atoms with Crippen LogP contribution in [0.4, 0.5) is 0 Å². The van der Waals surface area contributed by atoms with Crippen molar-refractivity contribution in [3.63, 3.8) is 0 Å². The molecule has 0 aliphatic heterocycles. The topological polar surface area (TPSA) is 64.9 Å². The zero-order chi connectivity index (χ0) is 12.5. The monoisotopic (exact) mass is 241 g/mol. The van der Waals surface area contributed by atoms with E-state index in [1.807, 2.05) is 0 Å². The van der Waals surface area contributed by atoms with E-state index >= 15 is 0 Å². The van der Waals surface area contributed by atoms with Crippen LogP contribution in [0.3, 0.4) is 0 Å². The van der Waals surface area contributed by atoms with Crippen LogP contribution >= 0.6 is 0 Å². The Labute approximate surface area is 103 Å². The molecule has 98 valence electrons. The average molecular weight is 241 g/mol. The van der Waals surface area contributed by atoms with E-state index in [1.165, 1.54) is 17.6 Å². The standard InChI is InChI=1S/C11H23N5O/c1-4-5-10(9-12-6-7-17-3)8-11-13-15-16(2)14-11/h10,12H,4-9H2,1-3H3. The Kier molecular flexibility index (Phi) is 6.73. The van der Waals surface area contributed by atoms with Gasteiger partial charge in [-0.2, -0.15) is 4.80 Å². The van der Waals surface area contributed by atoms with Crippen molar-refractivity contribution in [2.24, 2.45) is 13.0 Å². The fourth-order valence-electron chi connectivity index (χ4n) is 1.83. The Bertz CT molecular complexity index is 302. The molecular weight excluding hydrogens is 218 g/mol. The van der Waals surface area contributed by atoms with Gasteiger partial charge < -0.3 is 10.1 Å². The molecular formula is C11H23N5O. The third-order valence-corrected chi connectivity index (χ3v) is 2.63. The van der Waals surface area contributed by atoms with Crippen molar-refractivity contribution in [3.8, 4) is 0 Å². The highest BCUT2D eigenvalue weighted by Gasteiger charge is 2.11. The summed E-state index contributed by atoms with van der Waals surface area (Å²) >= 11 is 0. The predicted molar refractivity (Wildman–Crippen MR) is 65.6 cm³/mol. The predicted octanol–water partition coefficient (Wildman–Crippen LogP) is 0.405. The minimum Gasteiger partial charge on any atom is -0.383 e. The summed E-state index contributed by atoms with van der Waals surface area (Å²) in [4.78, 5) is 1.51. The molecule has 1 N–H and O–H groups in total. The quantitative estimate of drug-likeness (QED) is 0.634. The van der Waals surface area contributed by atoms with Crippen molar-refractivity contribution >= 4 is 0 Å². The SMILES string of the molecule is CCCC(CNCCOC)Cc1nnn(C)n1. The number of ether oxygens (including phenoxy) is 1. The molecule has 0 saturated heterocycles. The summed E-state index contributed by atoms with van der Waals surface area (Å²) in [7, 11) is 3.51. The summed E-state index contributed by atoms with van der Waals surface area (Å²) in [6.07, 6.45) is 3.25. The second-order valence-electron chi connectivity index (χ2n) is 4.25. The van der Waals surface area contributed by atoms with Gasteiger partial charge in [0.2, 0.25) is 0 Å². The van der Waals surface area contributed by atoms with E-state index < -0.39 is 0 Å². The number of aromatic nitrogens is 4. The number of rotatable bonds is 9. The smallest absolute Gasteiger partial charge is 0.175 e. The van der Waals surface area contributed by atoms with Crippen molar-refractivity contribution in [2.45, 2.75) is 26.2 Å². The van der Waals surface area contributed by atoms with Crippen LogP contribution in [0.2, 0.25) is 0 Å². The van der Waals surface area contributed by atoms with Crippen LogP contribution in [0, 0.1) is 5.92 Å². The fraction of sp³-hybridized carbons (Fsp3) is 0.909. The first-order valence-electron chi connectivity index (χ1n) is 6.18. The van der Waals surface area contributed by atoms with Crippen LogP contribution in [0.5, 0.6) is 0 Å². The molecule has 0 spiro atoms. The molecule has 0 fully saturated rings. The molecule has 0 aromatic carbocycles. The average Bonchev–Trinajstić information content (AvgIpc) is 2.70. The first-order valence-corrected chi connectivity index (χ1v) is 6.18. The lowest BCUT2D eigenvalue weighted by atomic mass is 9.99. The molecule has 1 aromatic rings. The van der Waals surface area contributed by atoms with E-state index in [0.717, 1.165) is 31.9 Å². The largest absolute Gasteiger partial charge is 0.383 e. The molecule has 17 heavy (non-hydrogen) atoms. The van der Waals surface area contributed by atoms with E-state index in [1.54, 1.807) is 14.2 Å². The summed E-state index contributed by atoms with van der Waals surface area (Å²) in [5.41, 5.74) is 0. The number of methoxy groups -OCH3 is 1. The minimum absolute atomic E-state index is 0.570. The Hall–Kier alpha value is -1.01. The Balaban J connectivity index is 2.32. The zero-order valence-electron chi connectivity index (χ0n) is 11.0. The Morgan fingerprint density at radius 3 is 2.88 bits per heavy atom. The number of nitrogens with one attached hydrogen (secondary N) is 1. The van der Waals surface area contributed by atoms with E-state index in [4.69, 9.17) is 4.74 Å². The highest BCUT2D eigenvalue weighted by Crippen LogP contribution is 2.10. The summed E-state index contributed by atoms with van der Waals surface area (Å²) in [6.45, 7) is 4.83. The molecule has 1 heterocycles. The highest BCUT2D eigenvalue weighted by atomic mass is 16.5. The van der Waals surface area contributed by atoms with Crippen LogP contribution in [0.1, 0.15) is 25.6 Å². The summed E-state index contributed by atoms with van der Waals surface area (Å²) in [5, 5.41) is 15.5. The van der Waals surface area contributed by atoms with E-state index in [9.17, 15) is 0 Å². The van der Waals surface area contributed by atoms with Crippen LogP contribution in [0.15, 0.2) is 0 Å². The first kappa shape index (κ1) is 14.1. The van der Waals surface area contributed by atoms with Gasteiger partial charge in [0, 0.05) is 20.1 Å². The lowest BCUT2D eigenvalue weighted by molar-refractivity contribution is 0.197. The van der Waals surface area contributed by atoms with Gasteiger partial charge in [0.25, 0.3) is 0 Å². The van der Waals surface area contributed by atoms with Gasteiger partial charge >= 0.3 is 0 Å². The van der Waals surface area contributed by atoms with Gasteiger partial charge in [0.1, 0.15) is 0 Å². The molecule has 0 aliphatic rings. The van der Waals surface area contributed by atoms with Gasteiger partial charge in [0.05, 0.1) is 13.7 Å². The Morgan fingerprint density at radius 1 is 1.47 bits per heavy atom. The molecule has 6 heteroatoms. The van der Waals surface area contributed by atoms with Gasteiger partial charge in [-0.25, -0.2) is 0 Å². The molecule has 6 nitrogen and oxygen atoms in total. The third-order valence-electron chi connectivity index (χ3n) is 2.63. The minimum atomic E-state index is 0.570. The molecule has 1 rings (SSSR count). The molecule has 0 radical (unpaired) electrons. The normalized spacial score (nSPS) is 12.9. The van der Waals surface area contributed by atoms with Gasteiger partial charge in [-0.1, -0.05) is 13.3 Å². The molecule has 0 bridgehead atoms. The summed E-state index contributed by atoms with van der Waals surface area (Å²) in [6, 6.07) is 0. The van der Waals surface area contributed by atoms with E-state index in [-0.39, 0.29) is 0 Å². The lowest BCUT2D eigenvalue weighted by Crippen LogP contribution is -2.27. The van der Waals surface area contributed by atoms with Crippen molar-refractivity contribution in [1.29, 1.82) is 0 Å². The van der Waals surface area contributed by atoms with E-state index in [2.05, 4.69) is 27.7 Å². The first-order chi connectivity index (χ1) is 8.26. The van der Waals surface area contributed by atoms with Crippen LogP contribution in [-0.4, -0.2) is 47.0 Å². The molecule has 0 amide bonds. The second-order valence-corrected chi connectivity index (χ2v) is 4.25. The fourth-order valence-corrected chi connectivity index (χ4v) is 1.83. The number of nitrogens with zero attached hydrogens (tertiary/aromatic N) is 4. The maximum atomic E-state index is 5.00. The third kappa shape index (κ3) is 5.74. The molecule has 0 aliphatic carbocycles.